The number of rotatable bonds is 4. The highest BCUT2D eigenvalue weighted by molar-refractivity contribution is 5.77. The molecule has 0 spiro atoms. The fourth-order valence-corrected chi connectivity index (χ4v) is 1.02. The topological polar surface area (TPSA) is 56.0 Å². The Labute approximate surface area is 77.3 Å². The zero-order valence-electron chi connectivity index (χ0n) is 8.20. The Kier molecular flexibility index (Phi) is 3.17. The quantitative estimate of drug-likeness (QED) is 0.706. The highest BCUT2D eigenvalue weighted by atomic mass is 16.5. The predicted octanol–water partition coefficient (Wildman–Crippen LogP) is 1.40. The number of nitrogens with zero attached hydrogens (tertiary/aromatic N) is 2. The summed E-state index contributed by atoms with van der Waals surface area (Å²) in [5.41, 5.74) is 0. The van der Waals surface area contributed by atoms with Crippen molar-refractivity contribution in [1.82, 2.24) is 10.1 Å². The van der Waals surface area contributed by atoms with Crippen LogP contribution in [0.3, 0.4) is 0 Å². The first kappa shape index (κ1) is 9.89. The summed E-state index contributed by atoms with van der Waals surface area (Å²) >= 11 is 0. The van der Waals surface area contributed by atoms with Gasteiger partial charge in [-0.3, -0.25) is 4.79 Å². The maximum atomic E-state index is 10.7. The molecular weight excluding hydrogens is 168 g/mol. The maximum absolute atomic E-state index is 10.7. The van der Waals surface area contributed by atoms with Crippen molar-refractivity contribution in [3.05, 3.63) is 11.7 Å². The fourth-order valence-electron chi connectivity index (χ4n) is 1.02. The van der Waals surface area contributed by atoms with E-state index in [1.165, 1.54) is 6.92 Å². The lowest BCUT2D eigenvalue weighted by Crippen LogP contribution is -1.99. The van der Waals surface area contributed by atoms with Crippen molar-refractivity contribution in [1.29, 1.82) is 0 Å². The van der Waals surface area contributed by atoms with Crippen LogP contribution in [0.4, 0.5) is 0 Å². The van der Waals surface area contributed by atoms with Crippen LogP contribution in [0.5, 0.6) is 0 Å². The molecule has 0 unspecified atom stereocenters. The molecule has 13 heavy (non-hydrogen) atoms. The molecule has 0 aromatic carbocycles. The highest BCUT2D eigenvalue weighted by Crippen LogP contribution is 2.05. The smallest absolute Gasteiger partial charge is 0.226 e. The van der Waals surface area contributed by atoms with E-state index in [-0.39, 0.29) is 12.2 Å². The molecule has 72 valence electrons. The van der Waals surface area contributed by atoms with E-state index < -0.39 is 0 Å². The minimum absolute atomic E-state index is 0.0527. The van der Waals surface area contributed by atoms with E-state index in [1.54, 1.807) is 0 Å². The number of aromatic nitrogens is 2. The molecule has 1 aromatic rings. The monoisotopic (exact) mass is 182 g/mol. The first-order valence-corrected chi connectivity index (χ1v) is 4.39. The van der Waals surface area contributed by atoms with Crippen molar-refractivity contribution in [2.24, 2.45) is 5.92 Å². The summed E-state index contributed by atoms with van der Waals surface area (Å²) in [6.45, 7) is 5.67. The molecule has 0 aliphatic rings. The lowest BCUT2D eigenvalue weighted by molar-refractivity contribution is -0.116. The molecule has 0 bridgehead atoms. The van der Waals surface area contributed by atoms with Crippen molar-refractivity contribution in [2.75, 3.05) is 0 Å². The molecule has 4 heteroatoms. The molecule has 0 saturated heterocycles. The summed E-state index contributed by atoms with van der Waals surface area (Å²) in [6, 6.07) is 0. The summed E-state index contributed by atoms with van der Waals surface area (Å²) in [4.78, 5) is 14.8. The van der Waals surface area contributed by atoms with Crippen LogP contribution in [0.1, 0.15) is 32.5 Å². The van der Waals surface area contributed by atoms with Crippen LogP contribution < -0.4 is 0 Å². The van der Waals surface area contributed by atoms with Gasteiger partial charge in [0, 0.05) is 6.42 Å². The van der Waals surface area contributed by atoms with Crippen molar-refractivity contribution in [3.8, 4) is 0 Å². The van der Waals surface area contributed by atoms with Gasteiger partial charge >= 0.3 is 0 Å². The van der Waals surface area contributed by atoms with E-state index in [1.807, 2.05) is 0 Å². The molecule has 0 N–H and O–H groups in total. The second-order valence-electron chi connectivity index (χ2n) is 3.58. The molecule has 4 nitrogen and oxygen atoms in total. The van der Waals surface area contributed by atoms with Crippen LogP contribution in [0.2, 0.25) is 0 Å². The number of carbonyl (C=O) groups is 1. The van der Waals surface area contributed by atoms with Gasteiger partial charge in [0.25, 0.3) is 0 Å². The van der Waals surface area contributed by atoms with E-state index in [0.717, 1.165) is 6.42 Å². The lowest BCUT2D eigenvalue weighted by Gasteiger charge is -1.95. The first-order valence-electron chi connectivity index (χ1n) is 4.39. The highest BCUT2D eigenvalue weighted by Gasteiger charge is 2.09. The van der Waals surface area contributed by atoms with Gasteiger partial charge < -0.3 is 4.52 Å². The Balaban J connectivity index is 2.58. The van der Waals surface area contributed by atoms with Gasteiger partial charge in [-0.25, -0.2) is 0 Å². The van der Waals surface area contributed by atoms with Crippen LogP contribution in [-0.2, 0) is 17.6 Å². The fraction of sp³-hybridized carbons (Fsp3) is 0.667. The van der Waals surface area contributed by atoms with Gasteiger partial charge in [-0.2, -0.15) is 4.98 Å². The summed E-state index contributed by atoms with van der Waals surface area (Å²) < 4.78 is 4.96. The molecule has 0 radical (unpaired) electrons. The number of hydrogen-bond acceptors (Lipinski definition) is 4. The molecule has 0 fully saturated rings. The van der Waals surface area contributed by atoms with Gasteiger partial charge in [-0.15, -0.1) is 0 Å². The second kappa shape index (κ2) is 4.16. The minimum Gasteiger partial charge on any atom is -0.339 e. The van der Waals surface area contributed by atoms with Gasteiger partial charge in [-0.1, -0.05) is 19.0 Å². The van der Waals surface area contributed by atoms with Gasteiger partial charge in [0.1, 0.15) is 5.78 Å². The van der Waals surface area contributed by atoms with Gasteiger partial charge in [-0.05, 0) is 12.8 Å². The minimum atomic E-state index is 0.0527. The van der Waals surface area contributed by atoms with Crippen LogP contribution in [-0.4, -0.2) is 15.9 Å². The Hall–Kier alpha value is -1.19. The summed E-state index contributed by atoms with van der Waals surface area (Å²) in [5, 5.41) is 3.70. The Bertz CT molecular complexity index is 292. The third-order valence-corrected chi connectivity index (χ3v) is 1.50. The van der Waals surface area contributed by atoms with E-state index in [9.17, 15) is 4.79 Å². The Morgan fingerprint density at radius 2 is 2.23 bits per heavy atom. The first-order chi connectivity index (χ1) is 6.08. The van der Waals surface area contributed by atoms with Crippen molar-refractivity contribution < 1.29 is 9.32 Å². The Morgan fingerprint density at radius 1 is 1.54 bits per heavy atom. The average molecular weight is 182 g/mol. The third kappa shape index (κ3) is 3.36. The van der Waals surface area contributed by atoms with Gasteiger partial charge in [0.05, 0.1) is 6.42 Å². The molecule has 0 saturated carbocycles. The molecule has 1 rings (SSSR count). The number of carbonyl (C=O) groups excluding carboxylic acids is 1. The summed E-state index contributed by atoms with van der Waals surface area (Å²) in [5.74, 6) is 1.65. The second-order valence-corrected chi connectivity index (χ2v) is 3.58. The number of Topliss-reactive ketones (excluding diaryl/α,β-unsaturated/α-hetero) is 1. The zero-order chi connectivity index (χ0) is 9.84. The summed E-state index contributed by atoms with van der Waals surface area (Å²) in [7, 11) is 0. The largest absolute Gasteiger partial charge is 0.339 e. The molecule has 0 aliphatic heterocycles. The van der Waals surface area contributed by atoms with Crippen LogP contribution >= 0.6 is 0 Å². The van der Waals surface area contributed by atoms with Gasteiger partial charge in [0.2, 0.25) is 5.89 Å². The van der Waals surface area contributed by atoms with E-state index >= 15 is 0 Å². The van der Waals surface area contributed by atoms with E-state index in [0.29, 0.717) is 17.6 Å². The van der Waals surface area contributed by atoms with Gasteiger partial charge in [0.15, 0.2) is 5.82 Å². The zero-order valence-corrected chi connectivity index (χ0v) is 8.20. The summed E-state index contributed by atoms with van der Waals surface area (Å²) in [6.07, 6.45) is 1.03. The molecule has 0 aliphatic carbocycles. The van der Waals surface area contributed by atoms with E-state index in [4.69, 9.17) is 4.52 Å². The molecule has 1 aromatic heterocycles. The molecular formula is C9H14N2O2. The standard InChI is InChI=1S/C9H14N2O2/c1-6(2)4-9-10-8(11-13-9)5-7(3)12/h6H,4-5H2,1-3H3. The molecule has 1 heterocycles. The lowest BCUT2D eigenvalue weighted by atomic mass is 10.1. The van der Waals surface area contributed by atoms with E-state index in [2.05, 4.69) is 24.0 Å². The third-order valence-electron chi connectivity index (χ3n) is 1.50. The number of hydrogen-bond donors (Lipinski definition) is 0. The number of ketones is 1. The Morgan fingerprint density at radius 3 is 2.77 bits per heavy atom. The van der Waals surface area contributed by atoms with Crippen LogP contribution in [0, 0.1) is 5.92 Å². The SMILES string of the molecule is CC(=O)Cc1noc(CC(C)C)n1. The predicted molar refractivity (Wildman–Crippen MR) is 47.2 cm³/mol. The van der Waals surface area contributed by atoms with Crippen LogP contribution in [0.15, 0.2) is 4.52 Å². The van der Waals surface area contributed by atoms with Crippen molar-refractivity contribution in [3.63, 3.8) is 0 Å². The maximum Gasteiger partial charge on any atom is 0.226 e. The average Bonchev–Trinajstić information content (AvgIpc) is 2.33. The normalized spacial score (nSPS) is 10.8. The van der Waals surface area contributed by atoms with Crippen molar-refractivity contribution >= 4 is 5.78 Å². The molecule has 0 atom stereocenters. The molecule has 0 amide bonds. The van der Waals surface area contributed by atoms with Crippen molar-refractivity contribution in [2.45, 2.75) is 33.6 Å². The van der Waals surface area contributed by atoms with Crippen LogP contribution in [0.25, 0.3) is 0 Å².